The van der Waals surface area contributed by atoms with Crippen LogP contribution in [0.25, 0.3) is 0 Å². The maximum Gasteiger partial charge on any atom is 0.255 e. The highest BCUT2D eigenvalue weighted by molar-refractivity contribution is 6.44. The second-order valence-electron chi connectivity index (χ2n) is 4.86. The molecule has 0 unspecified atom stereocenters. The summed E-state index contributed by atoms with van der Waals surface area (Å²) < 4.78 is 10.7. The van der Waals surface area contributed by atoms with Crippen LogP contribution < -0.4 is 10.1 Å². The number of carbonyl (C=O) groups excluding carboxylic acids is 1. The molecule has 0 heterocycles. The molecule has 0 fully saturated rings. The summed E-state index contributed by atoms with van der Waals surface area (Å²) in [4.78, 5) is 12.5. The lowest BCUT2D eigenvalue weighted by molar-refractivity contribution is 0.102. The summed E-state index contributed by atoms with van der Waals surface area (Å²) in [5.74, 6) is 0.336. The molecule has 2 aromatic rings. The first-order valence-electron chi connectivity index (χ1n) is 7.16. The van der Waals surface area contributed by atoms with E-state index in [-0.39, 0.29) is 5.91 Å². The molecule has 4 nitrogen and oxygen atoms in total. The fourth-order valence-electron chi connectivity index (χ4n) is 2.06. The highest BCUT2D eigenvalue weighted by atomic mass is 35.5. The van der Waals surface area contributed by atoms with Crippen molar-refractivity contribution in [3.63, 3.8) is 0 Å². The van der Waals surface area contributed by atoms with E-state index in [2.05, 4.69) is 5.32 Å². The Kier molecular flexibility index (Phi) is 6.75. The minimum atomic E-state index is -0.323. The van der Waals surface area contributed by atoms with Crippen molar-refractivity contribution < 1.29 is 14.3 Å². The molecule has 0 radical (unpaired) electrons. The van der Waals surface area contributed by atoms with Gasteiger partial charge in [-0.05, 0) is 37.3 Å². The fourth-order valence-corrected chi connectivity index (χ4v) is 2.65. The van der Waals surface area contributed by atoms with Crippen molar-refractivity contribution >= 4 is 46.4 Å². The average Bonchev–Trinajstić information content (AvgIpc) is 2.57. The van der Waals surface area contributed by atoms with E-state index in [1.54, 1.807) is 25.3 Å². The van der Waals surface area contributed by atoms with Gasteiger partial charge in [0.25, 0.3) is 5.91 Å². The van der Waals surface area contributed by atoms with E-state index in [0.717, 1.165) is 5.56 Å². The van der Waals surface area contributed by atoms with Crippen LogP contribution in [0.3, 0.4) is 0 Å². The highest BCUT2D eigenvalue weighted by Gasteiger charge is 2.13. The van der Waals surface area contributed by atoms with Gasteiger partial charge in [0.15, 0.2) is 0 Å². The molecule has 0 aromatic heterocycles. The minimum absolute atomic E-state index is 0.306. The van der Waals surface area contributed by atoms with Gasteiger partial charge < -0.3 is 14.8 Å². The Balaban J connectivity index is 2.25. The van der Waals surface area contributed by atoms with Gasteiger partial charge in [0.1, 0.15) is 5.75 Å². The molecule has 0 saturated carbocycles. The zero-order valence-electron chi connectivity index (χ0n) is 13.2. The monoisotopic (exact) mass is 387 g/mol. The van der Waals surface area contributed by atoms with Gasteiger partial charge >= 0.3 is 0 Å². The standard InChI is InChI=1S/C17H16Cl3NO3/c1-3-24-9-11-6-10(4-5-16(11)23-2)17(22)21-15-8-13(19)12(18)7-14(15)20/h4-8H,3,9H2,1-2H3,(H,21,22). The van der Waals surface area contributed by atoms with Gasteiger partial charge in [-0.15, -0.1) is 0 Å². The lowest BCUT2D eigenvalue weighted by atomic mass is 10.1. The summed E-state index contributed by atoms with van der Waals surface area (Å²) >= 11 is 17.9. The molecule has 1 N–H and O–H groups in total. The van der Waals surface area contributed by atoms with Crippen molar-refractivity contribution in [1.29, 1.82) is 0 Å². The number of anilines is 1. The number of amides is 1. The Morgan fingerprint density at radius 1 is 1.08 bits per heavy atom. The molecular weight excluding hydrogens is 373 g/mol. The summed E-state index contributed by atoms with van der Waals surface area (Å²) in [5, 5.41) is 3.66. The van der Waals surface area contributed by atoms with Crippen LogP contribution in [-0.2, 0) is 11.3 Å². The molecule has 0 saturated heterocycles. The van der Waals surface area contributed by atoms with Crippen LogP contribution in [0, 0.1) is 0 Å². The van der Waals surface area contributed by atoms with Gasteiger partial charge in [-0.1, -0.05) is 34.8 Å². The van der Waals surface area contributed by atoms with Crippen molar-refractivity contribution in [3.05, 3.63) is 56.5 Å². The lowest BCUT2D eigenvalue weighted by Crippen LogP contribution is -2.13. The Labute approximate surface area is 155 Å². The quantitative estimate of drug-likeness (QED) is 0.670. The lowest BCUT2D eigenvalue weighted by Gasteiger charge is -2.12. The van der Waals surface area contributed by atoms with Gasteiger partial charge in [0.05, 0.1) is 34.5 Å². The average molecular weight is 389 g/mol. The molecule has 128 valence electrons. The summed E-state index contributed by atoms with van der Waals surface area (Å²) in [5.41, 5.74) is 1.62. The van der Waals surface area contributed by atoms with Crippen LogP contribution in [0.1, 0.15) is 22.8 Å². The number of halogens is 3. The van der Waals surface area contributed by atoms with Gasteiger partial charge in [-0.3, -0.25) is 4.79 Å². The number of benzene rings is 2. The van der Waals surface area contributed by atoms with Crippen LogP contribution in [0.2, 0.25) is 15.1 Å². The first-order chi connectivity index (χ1) is 11.5. The Morgan fingerprint density at radius 2 is 1.79 bits per heavy atom. The molecule has 0 spiro atoms. The molecule has 0 aliphatic heterocycles. The van der Waals surface area contributed by atoms with E-state index in [1.165, 1.54) is 12.1 Å². The van der Waals surface area contributed by atoms with Crippen molar-refractivity contribution in [2.45, 2.75) is 13.5 Å². The van der Waals surface area contributed by atoms with E-state index in [1.807, 2.05) is 6.92 Å². The third kappa shape index (κ3) is 4.54. The number of nitrogens with one attached hydrogen (secondary N) is 1. The van der Waals surface area contributed by atoms with Crippen LogP contribution in [0.15, 0.2) is 30.3 Å². The molecular formula is C17H16Cl3NO3. The second kappa shape index (κ2) is 8.58. The van der Waals surface area contributed by atoms with Crippen LogP contribution in [0.5, 0.6) is 5.75 Å². The Morgan fingerprint density at radius 3 is 2.46 bits per heavy atom. The molecule has 2 rings (SSSR count). The van der Waals surface area contributed by atoms with E-state index >= 15 is 0 Å². The summed E-state index contributed by atoms with van der Waals surface area (Å²) in [6.07, 6.45) is 0. The molecule has 0 aliphatic rings. The van der Waals surface area contributed by atoms with E-state index < -0.39 is 0 Å². The first-order valence-corrected chi connectivity index (χ1v) is 8.30. The van der Waals surface area contributed by atoms with Crippen molar-refractivity contribution in [1.82, 2.24) is 0 Å². The predicted molar refractivity (Wildman–Crippen MR) is 97.7 cm³/mol. The molecule has 1 amide bonds. The third-order valence-corrected chi connectivity index (χ3v) is 4.30. The Hall–Kier alpha value is -1.46. The Bertz CT molecular complexity index is 750. The van der Waals surface area contributed by atoms with Gasteiger partial charge in [-0.25, -0.2) is 0 Å². The number of hydrogen-bond donors (Lipinski definition) is 1. The smallest absolute Gasteiger partial charge is 0.255 e. The van der Waals surface area contributed by atoms with Gasteiger partial charge in [0.2, 0.25) is 0 Å². The van der Waals surface area contributed by atoms with E-state index in [0.29, 0.717) is 45.3 Å². The number of methoxy groups -OCH3 is 1. The van der Waals surface area contributed by atoms with Crippen LogP contribution in [-0.4, -0.2) is 19.6 Å². The van der Waals surface area contributed by atoms with E-state index in [9.17, 15) is 4.79 Å². The third-order valence-electron chi connectivity index (χ3n) is 3.26. The number of rotatable bonds is 6. The summed E-state index contributed by atoms with van der Waals surface area (Å²) in [6.45, 7) is 2.82. The molecule has 0 aliphatic carbocycles. The topological polar surface area (TPSA) is 47.6 Å². The largest absolute Gasteiger partial charge is 0.496 e. The SMILES string of the molecule is CCOCc1cc(C(=O)Nc2cc(Cl)c(Cl)cc2Cl)ccc1OC. The van der Waals surface area contributed by atoms with Crippen molar-refractivity contribution in [2.24, 2.45) is 0 Å². The van der Waals surface area contributed by atoms with Crippen LogP contribution >= 0.6 is 34.8 Å². The molecule has 7 heteroatoms. The maximum atomic E-state index is 12.5. The van der Waals surface area contributed by atoms with Gasteiger partial charge in [0, 0.05) is 17.7 Å². The zero-order chi connectivity index (χ0) is 17.7. The van der Waals surface area contributed by atoms with E-state index in [4.69, 9.17) is 44.3 Å². The number of ether oxygens (including phenoxy) is 2. The predicted octanol–water partition coefficient (Wildman–Crippen LogP) is 5.44. The number of carbonyl (C=O) groups is 1. The fraction of sp³-hybridized carbons (Fsp3) is 0.235. The summed E-state index contributed by atoms with van der Waals surface area (Å²) in [7, 11) is 1.57. The van der Waals surface area contributed by atoms with Crippen molar-refractivity contribution in [3.8, 4) is 5.75 Å². The normalized spacial score (nSPS) is 10.5. The zero-order valence-corrected chi connectivity index (χ0v) is 15.4. The van der Waals surface area contributed by atoms with Crippen molar-refractivity contribution in [2.75, 3.05) is 19.0 Å². The number of hydrogen-bond acceptors (Lipinski definition) is 3. The minimum Gasteiger partial charge on any atom is -0.496 e. The van der Waals surface area contributed by atoms with Crippen LogP contribution in [0.4, 0.5) is 5.69 Å². The molecule has 0 atom stereocenters. The highest BCUT2D eigenvalue weighted by Crippen LogP contribution is 2.32. The van der Waals surface area contributed by atoms with Gasteiger partial charge in [-0.2, -0.15) is 0 Å². The summed E-state index contributed by atoms with van der Waals surface area (Å²) in [6, 6.07) is 8.09. The molecule has 0 bridgehead atoms. The second-order valence-corrected chi connectivity index (χ2v) is 6.09. The molecule has 2 aromatic carbocycles. The first kappa shape index (κ1) is 18.9. The maximum absolute atomic E-state index is 12.5. The molecule has 24 heavy (non-hydrogen) atoms.